The normalized spacial score (nSPS) is 15.5. The summed E-state index contributed by atoms with van der Waals surface area (Å²) in [6.07, 6.45) is 2.30. The highest BCUT2D eigenvalue weighted by Gasteiger charge is 2.35. The molecule has 158 valence electrons. The first-order chi connectivity index (χ1) is 15.1. The minimum absolute atomic E-state index is 0.0573. The zero-order valence-electron chi connectivity index (χ0n) is 17.9. The minimum atomic E-state index is -0.199. The minimum Gasteiger partial charge on any atom is -0.322 e. The third-order valence-corrected chi connectivity index (χ3v) is 6.28. The van der Waals surface area contributed by atoms with Gasteiger partial charge in [0.15, 0.2) is 6.04 Å². The number of hydrogen-bond acceptors (Lipinski definition) is 4. The van der Waals surface area contributed by atoms with Gasteiger partial charge in [0, 0.05) is 12.8 Å². The lowest BCUT2D eigenvalue weighted by Crippen LogP contribution is -3.10. The monoisotopic (exact) mass is 415 g/mol. The molecule has 31 heavy (non-hydrogen) atoms. The van der Waals surface area contributed by atoms with E-state index < -0.39 is 0 Å². The van der Waals surface area contributed by atoms with Gasteiger partial charge in [-0.25, -0.2) is 4.68 Å². The summed E-state index contributed by atoms with van der Waals surface area (Å²) < 4.78 is 1.84. The van der Waals surface area contributed by atoms with Crippen molar-refractivity contribution in [2.75, 3.05) is 13.1 Å². The molecule has 1 aliphatic heterocycles. The second kappa shape index (κ2) is 8.07. The molecule has 2 aromatic carbocycles. The van der Waals surface area contributed by atoms with Crippen LogP contribution in [0.15, 0.2) is 53.3 Å². The molecule has 1 saturated heterocycles. The van der Waals surface area contributed by atoms with Crippen LogP contribution in [0.4, 0.5) is 0 Å². The van der Waals surface area contributed by atoms with E-state index in [0.29, 0.717) is 6.54 Å². The zero-order chi connectivity index (χ0) is 21.4. The maximum atomic E-state index is 13.3. The Labute approximate surface area is 180 Å². The summed E-state index contributed by atoms with van der Waals surface area (Å²) in [5, 5.41) is 13.7. The maximum Gasteiger partial charge on any atom is 0.258 e. The Morgan fingerprint density at radius 2 is 1.87 bits per heavy atom. The van der Waals surface area contributed by atoms with Crippen LogP contribution in [0.25, 0.3) is 10.9 Å². The van der Waals surface area contributed by atoms with E-state index in [2.05, 4.69) is 51.7 Å². The number of quaternary nitrogens is 1. The van der Waals surface area contributed by atoms with Gasteiger partial charge in [0.25, 0.3) is 5.56 Å². The van der Waals surface area contributed by atoms with Crippen molar-refractivity contribution in [2.45, 2.75) is 39.3 Å². The summed E-state index contributed by atoms with van der Waals surface area (Å²) in [7, 11) is 0. The summed E-state index contributed by atoms with van der Waals surface area (Å²) >= 11 is 0. The van der Waals surface area contributed by atoms with Crippen LogP contribution in [0.5, 0.6) is 0 Å². The molecule has 1 aliphatic rings. The Morgan fingerprint density at radius 1 is 1.10 bits per heavy atom. The van der Waals surface area contributed by atoms with Crippen molar-refractivity contribution in [3.63, 3.8) is 0 Å². The first-order valence-electron chi connectivity index (χ1n) is 10.9. The molecule has 0 unspecified atom stereocenters. The van der Waals surface area contributed by atoms with Crippen LogP contribution in [-0.2, 0) is 6.54 Å². The molecule has 4 aromatic rings. The number of fused-ring (bicyclic) bond motifs is 1. The molecule has 2 N–H and O–H groups in total. The van der Waals surface area contributed by atoms with Gasteiger partial charge in [-0.15, -0.1) is 5.10 Å². The summed E-state index contributed by atoms with van der Waals surface area (Å²) in [6, 6.07) is 16.2. The lowest BCUT2D eigenvalue weighted by atomic mass is 10.0. The van der Waals surface area contributed by atoms with Gasteiger partial charge < -0.3 is 9.88 Å². The average Bonchev–Trinajstić information content (AvgIpc) is 3.43. The number of nitrogens with zero attached hydrogens (tertiary/aromatic N) is 4. The third kappa shape index (κ3) is 3.77. The highest BCUT2D eigenvalue weighted by atomic mass is 16.1. The van der Waals surface area contributed by atoms with Gasteiger partial charge in [0.05, 0.1) is 30.7 Å². The van der Waals surface area contributed by atoms with Crippen molar-refractivity contribution in [3.8, 4) is 0 Å². The van der Waals surface area contributed by atoms with Gasteiger partial charge >= 0.3 is 0 Å². The van der Waals surface area contributed by atoms with Crippen molar-refractivity contribution in [3.05, 3.63) is 87.0 Å². The second-order valence-electron chi connectivity index (χ2n) is 8.58. The van der Waals surface area contributed by atoms with E-state index in [-0.39, 0.29) is 11.6 Å². The molecule has 1 atom stereocenters. The number of tetrazole rings is 1. The van der Waals surface area contributed by atoms with Crippen LogP contribution >= 0.6 is 0 Å². The summed E-state index contributed by atoms with van der Waals surface area (Å²) in [6.45, 7) is 6.71. The van der Waals surface area contributed by atoms with Crippen LogP contribution in [0.2, 0.25) is 0 Å². The number of likely N-dealkylation sites (tertiary alicyclic amines) is 1. The standard InChI is InChI=1S/C24H26N6O/c1-16-12-17(2)21-19(13-16)14-20(24(31)25-21)22(29-10-6-7-11-29)23-26-27-28-30(23)15-18-8-4-3-5-9-18/h3-5,8-9,12-14,22H,6-7,10-11,15H2,1-2H3,(H,25,31)/p+1/t22-/m0/s1. The Balaban J connectivity index is 1.64. The molecule has 0 spiro atoms. The van der Waals surface area contributed by atoms with Crippen molar-refractivity contribution in [2.24, 2.45) is 0 Å². The van der Waals surface area contributed by atoms with Gasteiger partial charge in [-0.3, -0.25) is 4.79 Å². The number of benzene rings is 2. The lowest BCUT2D eigenvalue weighted by molar-refractivity contribution is -0.914. The van der Waals surface area contributed by atoms with E-state index in [4.69, 9.17) is 0 Å². The summed E-state index contributed by atoms with van der Waals surface area (Å²) in [4.78, 5) is 17.8. The molecule has 0 saturated carbocycles. The fourth-order valence-corrected chi connectivity index (χ4v) is 4.86. The molecule has 5 rings (SSSR count). The van der Waals surface area contributed by atoms with Crippen LogP contribution in [0.1, 0.15) is 47.0 Å². The van der Waals surface area contributed by atoms with Crippen LogP contribution in [0.3, 0.4) is 0 Å². The van der Waals surface area contributed by atoms with E-state index in [1.165, 1.54) is 10.5 Å². The number of aromatic amines is 1. The quantitative estimate of drug-likeness (QED) is 0.522. The molecule has 7 nitrogen and oxygen atoms in total. The summed E-state index contributed by atoms with van der Waals surface area (Å²) in [5.41, 5.74) is 4.97. The number of hydrogen-bond donors (Lipinski definition) is 2. The average molecular weight is 416 g/mol. The fraction of sp³-hybridized carbons (Fsp3) is 0.333. The Bertz CT molecular complexity index is 1270. The van der Waals surface area contributed by atoms with Crippen LogP contribution in [0, 0.1) is 13.8 Å². The highest BCUT2D eigenvalue weighted by Crippen LogP contribution is 2.22. The second-order valence-corrected chi connectivity index (χ2v) is 8.58. The van der Waals surface area contributed by atoms with Gasteiger partial charge in [0.1, 0.15) is 0 Å². The molecule has 7 heteroatoms. The van der Waals surface area contributed by atoms with E-state index in [1.807, 2.05) is 35.9 Å². The van der Waals surface area contributed by atoms with E-state index in [9.17, 15) is 4.79 Å². The number of pyridine rings is 1. The SMILES string of the molecule is Cc1cc(C)c2[nH]c(=O)c([C@@H](c3nnnn3Cc3ccccc3)[NH+]3CCCC3)cc2c1. The predicted octanol–water partition coefficient (Wildman–Crippen LogP) is 1.95. The zero-order valence-corrected chi connectivity index (χ0v) is 17.9. The van der Waals surface area contributed by atoms with E-state index in [0.717, 1.165) is 59.3 Å². The van der Waals surface area contributed by atoms with E-state index >= 15 is 0 Å². The molecule has 0 radical (unpaired) electrons. The van der Waals surface area contributed by atoms with Crippen molar-refractivity contribution in [1.29, 1.82) is 0 Å². The molecular weight excluding hydrogens is 388 g/mol. The van der Waals surface area contributed by atoms with E-state index in [1.54, 1.807) is 0 Å². The molecular formula is C24H27N6O+. The predicted molar refractivity (Wildman–Crippen MR) is 119 cm³/mol. The number of aryl methyl sites for hydroxylation is 2. The maximum absolute atomic E-state index is 13.3. The number of rotatable bonds is 5. The number of nitrogens with one attached hydrogen (secondary N) is 2. The summed E-state index contributed by atoms with van der Waals surface area (Å²) in [5.74, 6) is 0.745. The number of aromatic nitrogens is 5. The van der Waals surface area contributed by atoms with Crippen LogP contribution < -0.4 is 10.5 Å². The lowest BCUT2D eigenvalue weighted by Gasteiger charge is -2.24. The first-order valence-corrected chi connectivity index (χ1v) is 10.9. The first kappa shape index (κ1) is 19.6. The van der Waals surface area contributed by atoms with Crippen molar-refractivity contribution < 1.29 is 4.90 Å². The molecule has 3 heterocycles. The molecule has 0 bridgehead atoms. The third-order valence-electron chi connectivity index (χ3n) is 6.28. The van der Waals surface area contributed by atoms with Crippen molar-refractivity contribution >= 4 is 10.9 Å². The van der Waals surface area contributed by atoms with Gasteiger partial charge in [-0.05, 0) is 52.9 Å². The van der Waals surface area contributed by atoms with Crippen LogP contribution in [-0.4, -0.2) is 38.3 Å². The van der Waals surface area contributed by atoms with Crippen molar-refractivity contribution in [1.82, 2.24) is 25.2 Å². The smallest absolute Gasteiger partial charge is 0.258 e. The largest absolute Gasteiger partial charge is 0.322 e. The Hall–Kier alpha value is -3.32. The Kier molecular flexibility index (Phi) is 5.11. The topological polar surface area (TPSA) is 80.9 Å². The molecule has 2 aromatic heterocycles. The molecule has 0 amide bonds. The molecule has 1 fully saturated rings. The van der Waals surface area contributed by atoms with Gasteiger partial charge in [-0.2, -0.15) is 0 Å². The molecule has 0 aliphatic carbocycles. The number of H-pyrrole nitrogens is 1. The highest BCUT2D eigenvalue weighted by molar-refractivity contribution is 5.83. The Morgan fingerprint density at radius 3 is 2.65 bits per heavy atom. The van der Waals surface area contributed by atoms with Gasteiger partial charge in [-0.1, -0.05) is 42.0 Å². The van der Waals surface area contributed by atoms with Gasteiger partial charge in [0.2, 0.25) is 5.82 Å². The fourth-order valence-electron chi connectivity index (χ4n) is 4.86.